The van der Waals surface area contributed by atoms with E-state index in [4.69, 9.17) is 0 Å². The Morgan fingerprint density at radius 2 is 0.656 bits per heavy atom. The summed E-state index contributed by atoms with van der Waals surface area (Å²) in [5, 5.41) is 23.8. The number of nitrogens with zero attached hydrogens (tertiary/aromatic N) is 4. The van der Waals surface area contributed by atoms with Crippen LogP contribution in [0, 0.1) is 41.5 Å². The zero-order valence-electron chi connectivity index (χ0n) is 19.3. The summed E-state index contributed by atoms with van der Waals surface area (Å²) in [6.45, 7) is 11.3. The van der Waals surface area contributed by atoms with Gasteiger partial charge < -0.3 is 10.2 Å². The maximum atomic E-state index is 10.7. The van der Waals surface area contributed by atoms with Crippen LogP contribution >= 0.6 is 0 Å². The van der Waals surface area contributed by atoms with Gasteiger partial charge in [-0.05, 0) is 76.9 Å². The molecule has 4 bridgehead atoms. The Morgan fingerprint density at radius 1 is 0.438 bits per heavy atom. The standard InChI is InChI=1S/C26H28N4O2/c1-15-7-21-11-27-17(3)19(5)29-13-23-9-16(2)10-24(26(23)32)14-30-20(6)18(4)28-12-22(8-15)25(21)31/h7-14,31-32H,1-6H3. The number of hydrogen-bond donors (Lipinski definition) is 2. The van der Waals surface area contributed by atoms with Crippen LogP contribution < -0.4 is 0 Å². The molecule has 0 saturated carbocycles. The molecule has 3 rings (SSSR count). The number of aromatic nitrogens is 4. The number of fused-ring (bicyclic) bond motifs is 4. The number of phenolic OH excluding ortho intramolecular Hbond substituents is 2. The first-order valence-corrected chi connectivity index (χ1v) is 10.3. The summed E-state index contributed by atoms with van der Waals surface area (Å²) >= 11 is 0. The van der Waals surface area contributed by atoms with E-state index in [2.05, 4.69) is 19.9 Å². The van der Waals surface area contributed by atoms with Gasteiger partial charge in [0.1, 0.15) is 11.5 Å². The van der Waals surface area contributed by atoms with Crippen LogP contribution in [0.25, 0.3) is 21.5 Å². The van der Waals surface area contributed by atoms with Crippen molar-refractivity contribution in [3.05, 3.63) is 83.0 Å². The Kier molecular flexibility index (Phi) is 6.83. The molecule has 1 aromatic heterocycles. The zero-order chi connectivity index (χ0) is 23.4. The maximum absolute atomic E-state index is 10.7. The largest absolute Gasteiger partial charge is 0.507 e. The fourth-order valence-corrected chi connectivity index (χ4v) is 3.10. The highest BCUT2D eigenvalue weighted by Crippen LogP contribution is 2.26. The molecule has 0 saturated heterocycles. The molecule has 0 fully saturated rings. The van der Waals surface area contributed by atoms with Crippen molar-refractivity contribution in [1.82, 2.24) is 19.9 Å². The van der Waals surface area contributed by atoms with Gasteiger partial charge >= 0.3 is 0 Å². The third-order valence-corrected chi connectivity index (χ3v) is 5.26. The summed E-state index contributed by atoms with van der Waals surface area (Å²) in [5.74, 6) is 0.227. The van der Waals surface area contributed by atoms with Crippen LogP contribution in [0.2, 0.25) is 0 Å². The summed E-state index contributed by atoms with van der Waals surface area (Å²) in [5.41, 5.74) is 4.75. The number of hydrogen-bond acceptors (Lipinski definition) is 6. The second-order valence-corrected chi connectivity index (χ2v) is 7.96. The first-order chi connectivity index (χ1) is 15.2. The van der Waals surface area contributed by atoms with Gasteiger partial charge in [0.05, 0.1) is 22.8 Å². The third-order valence-electron chi connectivity index (χ3n) is 5.26. The summed E-state index contributed by atoms with van der Waals surface area (Å²) < 4.78 is 0. The Hall–Kier alpha value is -3.80. The Morgan fingerprint density at radius 3 is 0.875 bits per heavy atom. The van der Waals surface area contributed by atoms with E-state index in [0.717, 1.165) is 11.1 Å². The molecule has 1 heterocycles. The normalized spacial score (nSPS) is 10.4. The molecular weight excluding hydrogens is 400 g/mol. The molecule has 0 unspecified atom stereocenters. The molecule has 0 amide bonds. The van der Waals surface area contributed by atoms with Crippen LogP contribution in [0.4, 0.5) is 0 Å². The monoisotopic (exact) mass is 428 g/mol. The van der Waals surface area contributed by atoms with Gasteiger partial charge in [0.25, 0.3) is 0 Å². The van der Waals surface area contributed by atoms with E-state index in [-0.39, 0.29) is 11.5 Å². The lowest BCUT2D eigenvalue weighted by atomic mass is 10.1. The summed E-state index contributed by atoms with van der Waals surface area (Å²) in [6.07, 6.45) is 6.49. The van der Waals surface area contributed by atoms with Crippen LogP contribution in [0.1, 0.15) is 33.9 Å². The Labute approximate surface area is 188 Å². The van der Waals surface area contributed by atoms with Crippen molar-refractivity contribution >= 4 is 21.5 Å². The minimum atomic E-state index is 0.113. The average Bonchev–Trinajstić information content (AvgIpc) is 2.75. The van der Waals surface area contributed by atoms with Crippen LogP contribution in [0.3, 0.4) is 0 Å². The Balaban J connectivity index is 2.48. The molecule has 0 aliphatic rings. The van der Waals surface area contributed by atoms with Crippen molar-refractivity contribution in [3.8, 4) is 11.5 Å². The second-order valence-electron chi connectivity index (χ2n) is 7.96. The van der Waals surface area contributed by atoms with Crippen LogP contribution in [-0.2, 0) is 0 Å². The number of aromatic hydroxyl groups is 2. The predicted octanol–water partition coefficient (Wildman–Crippen LogP) is 5.65. The van der Waals surface area contributed by atoms with Crippen molar-refractivity contribution in [1.29, 1.82) is 0 Å². The van der Waals surface area contributed by atoms with Crippen molar-refractivity contribution in [2.45, 2.75) is 41.5 Å². The molecule has 0 aliphatic heterocycles. The first kappa shape index (κ1) is 22.9. The highest BCUT2D eigenvalue weighted by molar-refractivity contribution is 5.80. The van der Waals surface area contributed by atoms with Gasteiger partial charge in [-0.3, -0.25) is 19.9 Å². The van der Waals surface area contributed by atoms with Crippen LogP contribution in [0.15, 0.2) is 49.1 Å². The highest BCUT2D eigenvalue weighted by Gasteiger charge is 2.02. The fourth-order valence-electron chi connectivity index (χ4n) is 3.10. The number of phenols is 2. The minimum absolute atomic E-state index is 0.113. The number of rotatable bonds is 0. The topological polar surface area (TPSA) is 92.0 Å². The van der Waals surface area contributed by atoms with E-state index in [9.17, 15) is 10.2 Å². The van der Waals surface area contributed by atoms with Gasteiger partial charge in [-0.25, -0.2) is 0 Å². The van der Waals surface area contributed by atoms with Gasteiger partial charge in [-0.1, -0.05) is 0 Å². The van der Waals surface area contributed by atoms with Gasteiger partial charge in [0.15, 0.2) is 0 Å². The summed E-state index contributed by atoms with van der Waals surface area (Å²) in [6, 6.07) is 7.46. The lowest BCUT2D eigenvalue weighted by molar-refractivity contribution is 0.486. The molecule has 2 N–H and O–H groups in total. The third kappa shape index (κ3) is 5.27. The molecule has 6 heteroatoms. The van der Waals surface area contributed by atoms with E-state index in [1.807, 2.05) is 65.8 Å². The van der Waals surface area contributed by atoms with Gasteiger partial charge in [0, 0.05) is 46.3 Å². The molecule has 0 aliphatic carbocycles. The fraction of sp³-hybridized carbons (Fsp3) is 0.231. The molecule has 3 aromatic rings. The average molecular weight is 429 g/mol. The van der Waals surface area contributed by atoms with Gasteiger partial charge in [0.2, 0.25) is 0 Å². The van der Waals surface area contributed by atoms with Gasteiger partial charge in [-0.2, -0.15) is 0 Å². The maximum Gasteiger partial charge on any atom is 0.133 e. The number of benzene rings is 2. The van der Waals surface area contributed by atoms with Crippen molar-refractivity contribution in [2.75, 3.05) is 0 Å². The smallest absolute Gasteiger partial charge is 0.133 e. The summed E-state index contributed by atoms with van der Waals surface area (Å²) in [4.78, 5) is 17.9. The van der Waals surface area contributed by atoms with E-state index in [1.165, 1.54) is 0 Å². The molecule has 0 atom stereocenters. The van der Waals surface area contributed by atoms with E-state index in [1.54, 1.807) is 24.8 Å². The lowest BCUT2D eigenvalue weighted by Gasteiger charge is -2.01. The minimum Gasteiger partial charge on any atom is -0.507 e. The van der Waals surface area contributed by atoms with E-state index >= 15 is 0 Å². The first-order valence-electron chi connectivity index (χ1n) is 10.3. The molecule has 6 nitrogen and oxygen atoms in total. The SMILES string of the molecule is Cc1cc2cnc(C)c(C)ncc3cc(C)cc(cnc(C)c(C)ncc(c1)c2O)c3O. The number of aryl methyl sites for hydroxylation is 6. The van der Waals surface area contributed by atoms with Crippen molar-refractivity contribution in [3.63, 3.8) is 0 Å². The molecular formula is C26H28N4O2. The molecule has 164 valence electrons. The quantitative estimate of drug-likeness (QED) is 0.481. The van der Waals surface area contributed by atoms with Gasteiger partial charge in [-0.15, -0.1) is 0 Å². The predicted molar refractivity (Wildman–Crippen MR) is 128 cm³/mol. The lowest BCUT2D eigenvalue weighted by Crippen LogP contribution is -1.86. The van der Waals surface area contributed by atoms with Crippen molar-refractivity contribution < 1.29 is 10.2 Å². The van der Waals surface area contributed by atoms with E-state index in [0.29, 0.717) is 44.3 Å². The molecule has 0 radical (unpaired) electrons. The van der Waals surface area contributed by atoms with Crippen molar-refractivity contribution in [2.24, 2.45) is 0 Å². The summed E-state index contributed by atoms with van der Waals surface area (Å²) in [7, 11) is 0. The Bertz CT molecular complexity index is 1160. The zero-order valence-corrected chi connectivity index (χ0v) is 19.3. The molecule has 32 heavy (non-hydrogen) atoms. The van der Waals surface area contributed by atoms with Crippen LogP contribution in [0.5, 0.6) is 11.5 Å². The highest BCUT2D eigenvalue weighted by atomic mass is 16.3. The van der Waals surface area contributed by atoms with E-state index < -0.39 is 0 Å². The molecule has 2 aromatic carbocycles. The second kappa shape index (κ2) is 9.56. The molecule has 0 spiro atoms. The van der Waals surface area contributed by atoms with Crippen LogP contribution in [-0.4, -0.2) is 30.1 Å².